The summed E-state index contributed by atoms with van der Waals surface area (Å²) in [5, 5.41) is 15.6. The lowest BCUT2D eigenvalue weighted by molar-refractivity contribution is -0.384. The van der Waals surface area contributed by atoms with Crippen LogP contribution in [0.1, 0.15) is 10.4 Å². The number of anilines is 1. The number of methoxy groups -OCH3 is 2. The van der Waals surface area contributed by atoms with E-state index in [1.54, 1.807) is 35.7 Å². The number of nitrogens with one attached hydrogen (secondary N) is 1. The van der Waals surface area contributed by atoms with Gasteiger partial charge in [0.2, 0.25) is 0 Å². The Bertz CT molecular complexity index is 963. The normalized spacial score (nSPS) is 10.3. The molecule has 3 rings (SSSR count). The van der Waals surface area contributed by atoms with Gasteiger partial charge < -0.3 is 9.47 Å². The van der Waals surface area contributed by atoms with E-state index in [1.807, 2.05) is 0 Å². The maximum absolute atomic E-state index is 12.7. The summed E-state index contributed by atoms with van der Waals surface area (Å²) in [6.07, 6.45) is 0. The molecule has 0 atom stereocenters. The van der Waals surface area contributed by atoms with Gasteiger partial charge in [0.15, 0.2) is 5.13 Å². The van der Waals surface area contributed by atoms with E-state index in [1.165, 1.54) is 37.7 Å². The number of benzene rings is 2. The Morgan fingerprint density at radius 3 is 2.30 bits per heavy atom. The molecule has 9 heteroatoms. The van der Waals surface area contributed by atoms with Gasteiger partial charge in [-0.1, -0.05) is 6.07 Å². The molecule has 8 nitrogen and oxygen atoms in total. The molecule has 2 aromatic carbocycles. The number of hydrogen-bond acceptors (Lipinski definition) is 7. The molecule has 138 valence electrons. The third kappa shape index (κ3) is 3.87. The number of rotatable bonds is 6. The number of non-ortho nitro benzene ring substituents is 1. The van der Waals surface area contributed by atoms with Crippen molar-refractivity contribution in [3.05, 3.63) is 63.5 Å². The fourth-order valence-electron chi connectivity index (χ4n) is 2.45. The summed E-state index contributed by atoms with van der Waals surface area (Å²) >= 11 is 1.25. The molecule has 0 bridgehead atoms. The van der Waals surface area contributed by atoms with Crippen molar-refractivity contribution in [3.63, 3.8) is 0 Å². The molecule has 0 spiro atoms. The zero-order chi connectivity index (χ0) is 19.4. The molecule has 0 unspecified atom stereocenters. The first kappa shape index (κ1) is 18.3. The van der Waals surface area contributed by atoms with Gasteiger partial charge in [0, 0.05) is 23.1 Å². The Morgan fingerprint density at radius 1 is 1.11 bits per heavy atom. The van der Waals surface area contributed by atoms with Crippen LogP contribution < -0.4 is 14.8 Å². The van der Waals surface area contributed by atoms with Crippen LogP contribution in [0.2, 0.25) is 0 Å². The lowest BCUT2D eigenvalue weighted by Crippen LogP contribution is -2.14. The van der Waals surface area contributed by atoms with Crippen molar-refractivity contribution in [1.29, 1.82) is 0 Å². The highest BCUT2D eigenvalue weighted by atomic mass is 32.1. The van der Waals surface area contributed by atoms with E-state index in [-0.39, 0.29) is 11.3 Å². The van der Waals surface area contributed by atoms with Crippen LogP contribution in [-0.4, -0.2) is 30.0 Å². The van der Waals surface area contributed by atoms with Crippen molar-refractivity contribution in [2.24, 2.45) is 0 Å². The van der Waals surface area contributed by atoms with Crippen molar-refractivity contribution in [2.75, 3.05) is 19.5 Å². The molecule has 0 aliphatic carbocycles. The van der Waals surface area contributed by atoms with E-state index in [0.29, 0.717) is 27.9 Å². The average molecular weight is 385 g/mol. The molecule has 0 aliphatic rings. The predicted octanol–water partition coefficient (Wildman–Crippen LogP) is 3.99. The zero-order valence-corrected chi connectivity index (χ0v) is 15.3. The molecular weight excluding hydrogens is 370 g/mol. The van der Waals surface area contributed by atoms with Gasteiger partial charge in [-0.25, -0.2) is 4.98 Å². The molecule has 1 aromatic heterocycles. The number of nitrogens with zero attached hydrogens (tertiary/aromatic N) is 2. The van der Waals surface area contributed by atoms with Crippen LogP contribution in [0.3, 0.4) is 0 Å². The number of ether oxygens (including phenoxy) is 2. The van der Waals surface area contributed by atoms with Crippen LogP contribution in [0, 0.1) is 10.1 Å². The molecule has 0 saturated carbocycles. The fraction of sp³-hybridized carbons (Fsp3) is 0.111. The van der Waals surface area contributed by atoms with Gasteiger partial charge in [0.25, 0.3) is 11.6 Å². The summed E-state index contributed by atoms with van der Waals surface area (Å²) < 4.78 is 10.5. The van der Waals surface area contributed by atoms with Crippen molar-refractivity contribution in [1.82, 2.24) is 4.98 Å². The first-order chi connectivity index (χ1) is 13.0. The number of thiazole rings is 1. The average Bonchev–Trinajstić information content (AvgIpc) is 3.15. The lowest BCUT2D eigenvalue weighted by atomic mass is 10.1. The van der Waals surface area contributed by atoms with E-state index in [2.05, 4.69) is 10.3 Å². The second-order valence-corrected chi connectivity index (χ2v) is 6.19. The Labute approximate surface area is 158 Å². The molecule has 0 fully saturated rings. The highest BCUT2D eigenvalue weighted by Gasteiger charge is 2.19. The molecule has 0 radical (unpaired) electrons. The highest BCUT2D eigenvalue weighted by Crippen LogP contribution is 2.31. The van der Waals surface area contributed by atoms with Crippen molar-refractivity contribution in [3.8, 4) is 22.8 Å². The summed E-state index contributed by atoms with van der Waals surface area (Å²) in [6, 6.07) is 11.1. The van der Waals surface area contributed by atoms with Gasteiger partial charge in [-0.05, 0) is 24.3 Å². The molecule has 0 saturated heterocycles. The first-order valence-corrected chi connectivity index (χ1v) is 8.64. The summed E-state index contributed by atoms with van der Waals surface area (Å²) in [5.41, 5.74) is 1.60. The SMILES string of the molecule is COc1cccc(OC)c1C(=O)Nc1nc(-c2ccc([N+](=O)[O-])cc2)cs1. The highest BCUT2D eigenvalue weighted by molar-refractivity contribution is 7.14. The third-order valence-electron chi connectivity index (χ3n) is 3.75. The topological polar surface area (TPSA) is 104 Å². The van der Waals surface area contributed by atoms with E-state index in [0.717, 1.165) is 0 Å². The number of carbonyl (C=O) groups is 1. The van der Waals surface area contributed by atoms with Gasteiger partial charge in [0.1, 0.15) is 17.1 Å². The molecule has 3 aromatic rings. The van der Waals surface area contributed by atoms with Gasteiger partial charge in [-0.15, -0.1) is 11.3 Å². The van der Waals surface area contributed by atoms with Gasteiger partial charge in [0.05, 0.1) is 24.8 Å². The fourth-order valence-corrected chi connectivity index (χ4v) is 3.17. The first-order valence-electron chi connectivity index (χ1n) is 7.76. The minimum atomic E-state index is -0.461. The Morgan fingerprint density at radius 2 is 1.74 bits per heavy atom. The van der Waals surface area contributed by atoms with Crippen LogP contribution >= 0.6 is 11.3 Å². The van der Waals surface area contributed by atoms with Gasteiger partial charge in [-0.2, -0.15) is 0 Å². The van der Waals surface area contributed by atoms with E-state index >= 15 is 0 Å². The van der Waals surface area contributed by atoms with Crippen molar-refractivity contribution in [2.45, 2.75) is 0 Å². The minimum absolute atomic E-state index is 0.00535. The van der Waals surface area contributed by atoms with Crippen LogP contribution in [-0.2, 0) is 0 Å². The van der Waals surface area contributed by atoms with Crippen LogP contribution in [0.25, 0.3) is 11.3 Å². The van der Waals surface area contributed by atoms with Crippen molar-refractivity contribution < 1.29 is 19.2 Å². The Hall–Kier alpha value is -3.46. The standard InChI is InChI=1S/C18H15N3O5S/c1-25-14-4-3-5-15(26-2)16(14)17(22)20-18-19-13(10-27-18)11-6-8-12(9-7-11)21(23)24/h3-10H,1-2H3,(H,19,20,22). The van der Waals surface area contributed by atoms with Crippen LogP contribution in [0.15, 0.2) is 47.8 Å². The molecule has 1 heterocycles. The summed E-state index contributed by atoms with van der Waals surface area (Å²) in [4.78, 5) is 27.3. The number of aromatic nitrogens is 1. The lowest BCUT2D eigenvalue weighted by Gasteiger charge is -2.11. The van der Waals surface area contributed by atoms with Crippen molar-refractivity contribution >= 4 is 28.1 Å². The van der Waals surface area contributed by atoms with E-state index in [4.69, 9.17) is 9.47 Å². The summed E-state index contributed by atoms with van der Waals surface area (Å²) in [7, 11) is 2.95. The van der Waals surface area contributed by atoms with E-state index in [9.17, 15) is 14.9 Å². The third-order valence-corrected chi connectivity index (χ3v) is 4.51. The smallest absolute Gasteiger partial charge is 0.269 e. The monoisotopic (exact) mass is 385 g/mol. The van der Waals surface area contributed by atoms with Gasteiger partial charge >= 0.3 is 0 Å². The molecular formula is C18H15N3O5S. The number of carbonyl (C=O) groups excluding carboxylic acids is 1. The second-order valence-electron chi connectivity index (χ2n) is 5.33. The summed E-state index contributed by atoms with van der Waals surface area (Å²) in [6.45, 7) is 0. The van der Waals surface area contributed by atoms with Crippen LogP contribution in [0.5, 0.6) is 11.5 Å². The second kappa shape index (κ2) is 7.83. The zero-order valence-electron chi connectivity index (χ0n) is 14.5. The predicted molar refractivity (Wildman–Crippen MR) is 102 cm³/mol. The number of amides is 1. The minimum Gasteiger partial charge on any atom is -0.496 e. The van der Waals surface area contributed by atoms with Gasteiger partial charge in [-0.3, -0.25) is 20.2 Å². The number of nitro groups is 1. The molecule has 0 aliphatic heterocycles. The molecule has 1 amide bonds. The molecule has 1 N–H and O–H groups in total. The summed E-state index contributed by atoms with van der Waals surface area (Å²) in [5.74, 6) is 0.367. The number of hydrogen-bond donors (Lipinski definition) is 1. The maximum Gasteiger partial charge on any atom is 0.269 e. The maximum atomic E-state index is 12.7. The largest absolute Gasteiger partial charge is 0.496 e. The quantitative estimate of drug-likeness (QED) is 0.508. The van der Waals surface area contributed by atoms with E-state index < -0.39 is 10.8 Å². The Kier molecular flexibility index (Phi) is 5.32. The molecule has 27 heavy (non-hydrogen) atoms. The Balaban J connectivity index is 1.82. The van der Waals surface area contributed by atoms with Crippen LogP contribution in [0.4, 0.5) is 10.8 Å². The number of nitro benzene ring substituents is 1.